The van der Waals surface area contributed by atoms with Crippen LogP contribution in [-0.2, 0) is 4.79 Å². The number of benzene rings is 3. The van der Waals surface area contributed by atoms with Crippen molar-refractivity contribution in [3.8, 4) is 0 Å². The van der Waals surface area contributed by atoms with E-state index in [2.05, 4.69) is 5.32 Å². The summed E-state index contributed by atoms with van der Waals surface area (Å²) in [6.45, 7) is -0.180. The molecule has 184 valence electrons. The lowest BCUT2D eigenvalue weighted by molar-refractivity contribution is -0.159. The van der Waals surface area contributed by atoms with E-state index in [0.717, 1.165) is 34.9 Å². The van der Waals surface area contributed by atoms with Crippen LogP contribution in [0.2, 0.25) is 0 Å². The van der Waals surface area contributed by atoms with E-state index < -0.39 is 17.7 Å². The Bertz CT molecular complexity index is 1300. The van der Waals surface area contributed by atoms with E-state index in [9.17, 15) is 23.5 Å². The summed E-state index contributed by atoms with van der Waals surface area (Å²) < 4.78 is 27.5. The van der Waals surface area contributed by atoms with Crippen molar-refractivity contribution >= 4 is 29.8 Å². The molecule has 2 saturated heterocycles. The van der Waals surface area contributed by atoms with Crippen molar-refractivity contribution in [3.63, 3.8) is 0 Å². The average Bonchev–Trinajstić information content (AvgIpc) is 2.87. The lowest BCUT2D eigenvalue weighted by atomic mass is 9.73. The number of aliphatic hydroxyl groups excluding tert-OH is 1. The Balaban J connectivity index is 1.31. The van der Waals surface area contributed by atoms with Crippen LogP contribution in [0.5, 0.6) is 0 Å². The molecule has 3 aromatic carbocycles. The van der Waals surface area contributed by atoms with Crippen molar-refractivity contribution in [1.82, 2.24) is 9.80 Å². The maximum absolute atomic E-state index is 14.0. The van der Waals surface area contributed by atoms with Gasteiger partial charge in [0.1, 0.15) is 18.2 Å². The second kappa shape index (κ2) is 9.91. The molecule has 3 amide bonds. The largest absolute Gasteiger partial charge is 0.394 e. The molecule has 8 heteroatoms. The zero-order valence-corrected chi connectivity index (χ0v) is 19.4. The highest BCUT2D eigenvalue weighted by Crippen LogP contribution is 2.43. The molecule has 2 heterocycles. The summed E-state index contributed by atoms with van der Waals surface area (Å²) in [7, 11) is 0. The lowest BCUT2D eigenvalue weighted by Crippen LogP contribution is -2.73. The quantitative estimate of drug-likeness (QED) is 0.524. The van der Waals surface area contributed by atoms with Crippen LogP contribution >= 0.6 is 0 Å². The summed E-state index contributed by atoms with van der Waals surface area (Å²) in [6.07, 6.45) is 4.03. The molecule has 2 N–H and O–H groups in total. The second-order valence-corrected chi connectivity index (χ2v) is 8.99. The highest BCUT2D eigenvalue weighted by Gasteiger charge is 2.54. The average molecular weight is 490 g/mol. The third-order valence-electron chi connectivity index (χ3n) is 6.80. The first kappa shape index (κ1) is 23.7. The molecule has 3 atom stereocenters. The van der Waals surface area contributed by atoms with E-state index in [4.69, 9.17) is 0 Å². The number of anilines is 1. The summed E-state index contributed by atoms with van der Waals surface area (Å²) in [5.74, 6) is -1.90. The molecule has 0 aromatic heterocycles. The first-order chi connectivity index (χ1) is 17.4. The number of amides is 3. The number of carbonyl (C=O) groups is 2. The number of hydrogen-bond donors (Lipinski definition) is 2. The van der Waals surface area contributed by atoms with E-state index in [1.54, 1.807) is 4.90 Å². The van der Waals surface area contributed by atoms with Crippen LogP contribution in [0.25, 0.3) is 12.2 Å². The maximum atomic E-state index is 14.0. The van der Waals surface area contributed by atoms with Crippen LogP contribution in [0.4, 0.5) is 19.3 Å². The number of rotatable bonds is 5. The second-order valence-electron chi connectivity index (χ2n) is 8.99. The number of nitrogens with one attached hydrogen (secondary N) is 1. The van der Waals surface area contributed by atoms with Gasteiger partial charge in [-0.1, -0.05) is 66.7 Å². The molecule has 2 aliphatic heterocycles. The Morgan fingerprint density at radius 1 is 1.00 bits per heavy atom. The van der Waals surface area contributed by atoms with E-state index in [1.807, 2.05) is 66.7 Å². The predicted molar refractivity (Wildman–Crippen MR) is 133 cm³/mol. The molecule has 0 bridgehead atoms. The molecule has 6 nitrogen and oxygen atoms in total. The van der Waals surface area contributed by atoms with Gasteiger partial charge in [-0.15, -0.1) is 0 Å². The summed E-state index contributed by atoms with van der Waals surface area (Å²) >= 11 is 0. The van der Waals surface area contributed by atoms with E-state index in [1.165, 1.54) is 4.90 Å². The fourth-order valence-corrected chi connectivity index (χ4v) is 5.03. The summed E-state index contributed by atoms with van der Waals surface area (Å²) in [5.41, 5.74) is 2.77. The summed E-state index contributed by atoms with van der Waals surface area (Å²) in [4.78, 5) is 28.5. The standard InChI is InChI=1S/C28H25F2N3O3/c29-21-12-13-22(30)23(14-21)31-28(36)32-15-24-27(25(17-34)33(24)26(35)16-32)20-10-8-19(9-11-20)7-6-18-4-2-1-3-5-18/h1-14,24-25,27,34H,15-17H2,(H,31,36)/b7-6+/t24-,25+,27-/m0/s1. The van der Waals surface area contributed by atoms with Crippen molar-refractivity contribution < 1.29 is 23.5 Å². The number of carbonyl (C=O) groups excluding carboxylic acids is 2. The topological polar surface area (TPSA) is 72.9 Å². The number of piperazine rings is 1. The third-order valence-corrected chi connectivity index (χ3v) is 6.80. The Kier molecular flexibility index (Phi) is 6.52. The van der Waals surface area contributed by atoms with Crippen LogP contribution < -0.4 is 5.32 Å². The molecule has 0 unspecified atom stereocenters. The van der Waals surface area contributed by atoms with Crippen molar-refractivity contribution in [1.29, 1.82) is 0 Å². The Morgan fingerprint density at radius 2 is 1.69 bits per heavy atom. The Morgan fingerprint density at radius 3 is 2.39 bits per heavy atom. The molecule has 0 radical (unpaired) electrons. The minimum absolute atomic E-state index is 0.160. The van der Waals surface area contributed by atoms with Gasteiger partial charge in [0.25, 0.3) is 0 Å². The van der Waals surface area contributed by atoms with Crippen LogP contribution in [0.15, 0.2) is 72.8 Å². The number of nitrogens with zero attached hydrogens (tertiary/aromatic N) is 2. The van der Waals surface area contributed by atoms with Crippen molar-refractivity contribution in [2.45, 2.75) is 18.0 Å². The molecule has 0 spiro atoms. The van der Waals surface area contributed by atoms with Crippen LogP contribution in [-0.4, -0.2) is 58.6 Å². The van der Waals surface area contributed by atoms with Gasteiger partial charge in [0.15, 0.2) is 0 Å². The Hall–Kier alpha value is -4.04. The van der Waals surface area contributed by atoms with Gasteiger partial charge < -0.3 is 20.2 Å². The molecule has 2 fully saturated rings. The SMILES string of the molecule is O=C(Nc1cc(F)ccc1F)N1CC(=O)N2[C@H](CO)[C@@H](c3ccc(/C=C/c4ccccc4)cc3)[C@@H]2C1. The molecule has 3 aromatic rings. The molecule has 36 heavy (non-hydrogen) atoms. The van der Waals surface area contributed by atoms with Crippen LogP contribution in [0.3, 0.4) is 0 Å². The van der Waals surface area contributed by atoms with Gasteiger partial charge in [0.05, 0.1) is 24.4 Å². The van der Waals surface area contributed by atoms with Gasteiger partial charge in [0.2, 0.25) is 5.91 Å². The summed E-state index contributed by atoms with van der Waals surface area (Å²) in [5, 5.41) is 12.4. The van der Waals surface area contributed by atoms with Gasteiger partial charge >= 0.3 is 6.03 Å². The highest BCUT2D eigenvalue weighted by molar-refractivity contribution is 5.94. The van der Waals surface area contributed by atoms with Crippen molar-refractivity contribution in [2.24, 2.45) is 0 Å². The smallest absolute Gasteiger partial charge is 0.322 e. The van der Waals surface area contributed by atoms with E-state index in [0.29, 0.717) is 0 Å². The van der Waals surface area contributed by atoms with Gasteiger partial charge in [-0.3, -0.25) is 4.79 Å². The number of halogens is 2. The minimum Gasteiger partial charge on any atom is -0.394 e. The number of fused-ring (bicyclic) bond motifs is 1. The molecule has 0 aliphatic carbocycles. The van der Waals surface area contributed by atoms with E-state index >= 15 is 0 Å². The van der Waals surface area contributed by atoms with Gasteiger partial charge in [-0.25, -0.2) is 13.6 Å². The first-order valence-electron chi connectivity index (χ1n) is 11.7. The maximum Gasteiger partial charge on any atom is 0.322 e. The van der Waals surface area contributed by atoms with E-state index in [-0.39, 0.29) is 49.3 Å². The predicted octanol–water partition coefficient (Wildman–Crippen LogP) is 4.34. The Labute approximate surface area is 207 Å². The molecule has 5 rings (SSSR count). The third kappa shape index (κ3) is 4.59. The van der Waals surface area contributed by atoms with Crippen molar-refractivity contribution in [2.75, 3.05) is 25.0 Å². The van der Waals surface area contributed by atoms with Gasteiger partial charge in [-0.05, 0) is 28.8 Å². The molecular formula is C28H25F2N3O3. The molecular weight excluding hydrogens is 464 g/mol. The zero-order chi connectivity index (χ0) is 25.2. The number of aliphatic hydroxyl groups is 1. The van der Waals surface area contributed by atoms with Gasteiger partial charge in [-0.2, -0.15) is 0 Å². The molecule has 0 saturated carbocycles. The number of urea groups is 1. The monoisotopic (exact) mass is 489 g/mol. The minimum atomic E-state index is -0.766. The normalized spacial score (nSPS) is 21.3. The van der Waals surface area contributed by atoms with Gasteiger partial charge in [0, 0.05) is 18.5 Å². The first-order valence-corrected chi connectivity index (χ1v) is 11.7. The number of hydrogen-bond acceptors (Lipinski definition) is 3. The summed E-state index contributed by atoms with van der Waals surface area (Å²) in [6, 6.07) is 19.3. The fourth-order valence-electron chi connectivity index (χ4n) is 5.03. The zero-order valence-electron chi connectivity index (χ0n) is 19.4. The molecule has 2 aliphatic rings. The lowest BCUT2D eigenvalue weighted by Gasteiger charge is -2.58. The highest BCUT2D eigenvalue weighted by atomic mass is 19.1. The van der Waals surface area contributed by atoms with Crippen LogP contribution in [0.1, 0.15) is 22.6 Å². The van der Waals surface area contributed by atoms with Crippen LogP contribution in [0, 0.1) is 11.6 Å². The van der Waals surface area contributed by atoms with Crippen molar-refractivity contribution in [3.05, 3.63) is 101 Å². The fraction of sp³-hybridized carbons (Fsp3) is 0.214.